The predicted octanol–water partition coefficient (Wildman–Crippen LogP) is 2.52. The summed E-state index contributed by atoms with van der Waals surface area (Å²) in [7, 11) is 0. The number of ether oxygens (including phenoxy) is 1. The van der Waals surface area contributed by atoms with E-state index in [9.17, 15) is 14.7 Å². The van der Waals surface area contributed by atoms with Gasteiger partial charge in [-0.2, -0.15) is 0 Å². The number of hydrogen-bond acceptors (Lipinski definition) is 4. The molecule has 1 saturated heterocycles. The zero-order valence-electron chi connectivity index (χ0n) is 11.3. The van der Waals surface area contributed by atoms with Crippen LogP contribution in [0, 0.1) is 0 Å². The lowest BCUT2D eigenvalue weighted by molar-refractivity contribution is -0.135. The molecule has 0 saturated carbocycles. The third-order valence-electron chi connectivity index (χ3n) is 3.41. The van der Waals surface area contributed by atoms with Gasteiger partial charge >= 0.3 is 12.1 Å². The third kappa shape index (κ3) is 4.26. The van der Waals surface area contributed by atoms with Crippen LogP contribution < -0.4 is 5.32 Å². The van der Waals surface area contributed by atoms with E-state index >= 15 is 0 Å². The minimum absolute atomic E-state index is 0.291. The summed E-state index contributed by atoms with van der Waals surface area (Å²) in [6, 6.07) is 6.80. The van der Waals surface area contributed by atoms with E-state index in [0.29, 0.717) is 12.2 Å². The van der Waals surface area contributed by atoms with Gasteiger partial charge in [-0.15, -0.1) is 0 Å². The van der Waals surface area contributed by atoms with Gasteiger partial charge in [0.2, 0.25) is 0 Å². The largest absolute Gasteiger partial charge is 0.508 e. The number of aromatic hydroxyl groups is 1. The molecule has 0 radical (unpaired) electrons. The molecule has 0 spiro atoms. The van der Waals surface area contributed by atoms with Gasteiger partial charge in [-0.05, 0) is 37.0 Å². The Hall–Kier alpha value is -2.04. The first-order valence-corrected chi connectivity index (χ1v) is 6.95. The van der Waals surface area contributed by atoms with Crippen molar-refractivity contribution < 1.29 is 19.4 Å². The van der Waals surface area contributed by atoms with Gasteiger partial charge in [0.1, 0.15) is 11.8 Å². The summed E-state index contributed by atoms with van der Waals surface area (Å²) in [4.78, 5) is 22.0. The van der Waals surface area contributed by atoms with Crippen LogP contribution in [-0.4, -0.2) is 23.2 Å². The van der Waals surface area contributed by atoms with E-state index in [2.05, 4.69) is 10.1 Å². The normalized spacial score (nSPS) is 17.9. The van der Waals surface area contributed by atoms with Crippen LogP contribution in [0.2, 0.25) is 0 Å². The zero-order chi connectivity index (χ0) is 14.4. The van der Waals surface area contributed by atoms with Gasteiger partial charge in [-0.25, -0.2) is 9.59 Å². The molecule has 1 atom stereocenters. The number of benzene rings is 1. The van der Waals surface area contributed by atoms with Gasteiger partial charge < -0.3 is 15.2 Å². The second-order valence-corrected chi connectivity index (χ2v) is 5.02. The van der Waals surface area contributed by atoms with Crippen LogP contribution in [0.25, 0.3) is 0 Å². The lowest BCUT2D eigenvalue weighted by Gasteiger charge is -2.05. The molecule has 1 amide bonds. The van der Waals surface area contributed by atoms with E-state index in [1.165, 1.54) is 5.56 Å². The number of carbonyl (C=O) groups excluding carboxylic acids is 2. The second-order valence-electron chi connectivity index (χ2n) is 5.02. The van der Waals surface area contributed by atoms with Crippen molar-refractivity contribution in [2.45, 2.75) is 44.6 Å². The number of cyclic esters (lactones) is 2. The third-order valence-corrected chi connectivity index (χ3v) is 3.41. The molecule has 1 heterocycles. The van der Waals surface area contributed by atoms with E-state index in [0.717, 1.165) is 32.1 Å². The molecule has 0 aromatic heterocycles. The number of carbonyl (C=O) groups is 2. The number of phenols is 1. The first-order valence-electron chi connectivity index (χ1n) is 6.95. The summed E-state index contributed by atoms with van der Waals surface area (Å²) in [6.07, 6.45) is 5.08. The number of aryl methyl sites for hydroxylation is 1. The number of esters is 1. The van der Waals surface area contributed by atoms with E-state index in [1.807, 2.05) is 12.1 Å². The molecule has 1 aliphatic rings. The van der Waals surface area contributed by atoms with Crippen molar-refractivity contribution in [3.05, 3.63) is 29.8 Å². The number of phenolic OH excluding ortho intramolecular Hbond substituents is 1. The molecular formula is C15H19NO4. The number of hydrogen-bond donors (Lipinski definition) is 2. The Balaban J connectivity index is 1.55. The van der Waals surface area contributed by atoms with E-state index < -0.39 is 18.1 Å². The van der Waals surface area contributed by atoms with Crippen molar-refractivity contribution in [2.24, 2.45) is 0 Å². The Labute approximate surface area is 117 Å². The monoisotopic (exact) mass is 277 g/mol. The standard InChI is InChI=1S/C15H19NO4/c17-12-9-7-11(8-10-12)5-3-1-2-4-6-13-14(18)20-15(19)16-13/h7-10,13,17H,1-6H2,(H,16,19). The minimum atomic E-state index is -0.632. The SMILES string of the molecule is O=C1NC(CCCCCCc2ccc(O)cc2)C(=O)O1. The highest BCUT2D eigenvalue weighted by Gasteiger charge is 2.31. The van der Waals surface area contributed by atoms with Crippen molar-refractivity contribution >= 4 is 12.1 Å². The van der Waals surface area contributed by atoms with E-state index in [4.69, 9.17) is 0 Å². The van der Waals surface area contributed by atoms with Crippen LogP contribution in [0.1, 0.15) is 37.7 Å². The molecule has 0 aliphatic carbocycles. The Morgan fingerprint density at radius 3 is 2.40 bits per heavy atom. The van der Waals surface area contributed by atoms with Crippen LogP contribution in [0.4, 0.5) is 4.79 Å². The summed E-state index contributed by atoms with van der Waals surface area (Å²) in [5, 5.41) is 11.7. The molecule has 5 heteroatoms. The maximum absolute atomic E-state index is 11.2. The molecule has 2 rings (SSSR count). The second kappa shape index (κ2) is 6.93. The molecule has 1 unspecified atom stereocenters. The van der Waals surface area contributed by atoms with Gasteiger partial charge in [0.15, 0.2) is 0 Å². The van der Waals surface area contributed by atoms with Crippen molar-refractivity contribution in [1.82, 2.24) is 5.32 Å². The van der Waals surface area contributed by atoms with Gasteiger partial charge in [0.05, 0.1) is 0 Å². The van der Waals surface area contributed by atoms with Gasteiger partial charge in [0, 0.05) is 0 Å². The lowest BCUT2D eigenvalue weighted by Crippen LogP contribution is -2.28. The average molecular weight is 277 g/mol. The summed E-state index contributed by atoms with van der Waals surface area (Å²) >= 11 is 0. The summed E-state index contributed by atoms with van der Waals surface area (Å²) in [5.74, 6) is -0.168. The Kier molecular flexibility index (Phi) is 4.98. The molecule has 2 N–H and O–H groups in total. The van der Waals surface area contributed by atoms with Crippen molar-refractivity contribution in [1.29, 1.82) is 0 Å². The smallest absolute Gasteiger partial charge is 0.415 e. The first-order chi connectivity index (χ1) is 9.65. The molecule has 1 fully saturated rings. The lowest BCUT2D eigenvalue weighted by atomic mass is 10.0. The number of rotatable bonds is 7. The van der Waals surface area contributed by atoms with Crippen LogP contribution >= 0.6 is 0 Å². The van der Waals surface area contributed by atoms with Crippen LogP contribution in [0.3, 0.4) is 0 Å². The summed E-state index contributed by atoms with van der Waals surface area (Å²) in [5.41, 5.74) is 1.22. The highest BCUT2D eigenvalue weighted by Crippen LogP contribution is 2.14. The molecule has 5 nitrogen and oxygen atoms in total. The van der Waals surface area contributed by atoms with Gasteiger partial charge in [0.25, 0.3) is 0 Å². The highest BCUT2D eigenvalue weighted by atomic mass is 16.6. The fourth-order valence-electron chi connectivity index (χ4n) is 2.28. The fraction of sp³-hybridized carbons (Fsp3) is 0.467. The maximum Gasteiger partial charge on any atom is 0.415 e. The first kappa shape index (κ1) is 14.4. The van der Waals surface area contributed by atoms with Crippen LogP contribution in [-0.2, 0) is 16.0 Å². The molecule has 1 aromatic rings. The van der Waals surface area contributed by atoms with Crippen molar-refractivity contribution in [3.63, 3.8) is 0 Å². The maximum atomic E-state index is 11.2. The molecular weight excluding hydrogens is 258 g/mol. The van der Waals surface area contributed by atoms with E-state index in [1.54, 1.807) is 12.1 Å². The topological polar surface area (TPSA) is 75.6 Å². The quantitative estimate of drug-likeness (QED) is 0.456. The fourth-order valence-corrected chi connectivity index (χ4v) is 2.28. The average Bonchev–Trinajstić information content (AvgIpc) is 2.74. The summed E-state index contributed by atoms with van der Waals surface area (Å²) < 4.78 is 4.41. The Morgan fingerprint density at radius 2 is 1.75 bits per heavy atom. The Morgan fingerprint density at radius 1 is 1.05 bits per heavy atom. The molecule has 20 heavy (non-hydrogen) atoms. The molecule has 108 valence electrons. The van der Waals surface area contributed by atoms with Crippen LogP contribution in [0.5, 0.6) is 5.75 Å². The molecule has 0 bridgehead atoms. The summed E-state index contributed by atoms with van der Waals surface area (Å²) in [6.45, 7) is 0. The van der Waals surface area contributed by atoms with E-state index in [-0.39, 0.29) is 0 Å². The van der Waals surface area contributed by atoms with Crippen molar-refractivity contribution in [2.75, 3.05) is 0 Å². The Bertz CT molecular complexity index is 469. The highest BCUT2D eigenvalue weighted by molar-refractivity contribution is 5.95. The zero-order valence-corrected chi connectivity index (χ0v) is 11.3. The molecule has 1 aliphatic heterocycles. The van der Waals surface area contributed by atoms with Gasteiger partial charge in [-0.3, -0.25) is 0 Å². The number of alkyl carbamates (subject to hydrolysis) is 1. The van der Waals surface area contributed by atoms with Crippen molar-refractivity contribution in [3.8, 4) is 5.75 Å². The molecule has 1 aromatic carbocycles. The van der Waals surface area contributed by atoms with Gasteiger partial charge in [-0.1, -0.05) is 31.4 Å². The number of amides is 1. The number of nitrogens with one attached hydrogen (secondary N) is 1. The van der Waals surface area contributed by atoms with Crippen LogP contribution in [0.15, 0.2) is 24.3 Å². The minimum Gasteiger partial charge on any atom is -0.508 e. The number of unbranched alkanes of at least 4 members (excludes halogenated alkanes) is 3. The predicted molar refractivity (Wildman–Crippen MR) is 73.3 cm³/mol.